The molecule has 0 bridgehead atoms. The minimum Gasteiger partial charge on any atom is -0.364 e. The Morgan fingerprint density at radius 3 is 2.88 bits per heavy atom. The summed E-state index contributed by atoms with van der Waals surface area (Å²) in [4.78, 5) is 14.0. The van der Waals surface area contributed by atoms with Crippen LogP contribution in [0.4, 0.5) is 11.5 Å². The van der Waals surface area contributed by atoms with Gasteiger partial charge in [-0.1, -0.05) is 23.7 Å². The van der Waals surface area contributed by atoms with Gasteiger partial charge in [-0.25, -0.2) is 0 Å². The molecule has 8 heteroatoms. The van der Waals surface area contributed by atoms with E-state index in [1.165, 1.54) is 0 Å². The van der Waals surface area contributed by atoms with Gasteiger partial charge in [0.25, 0.3) is 0 Å². The smallest absolute Gasteiger partial charge is 0.229 e. The summed E-state index contributed by atoms with van der Waals surface area (Å²) >= 11 is 6.20. The molecular weight excluding hydrogens is 328 g/mol. The third kappa shape index (κ3) is 2.56. The molecule has 24 heavy (non-hydrogen) atoms. The second-order valence-electron chi connectivity index (χ2n) is 5.74. The van der Waals surface area contributed by atoms with Gasteiger partial charge in [0.1, 0.15) is 5.82 Å². The Morgan fingerprint density at radius 1 is 1.21 bits per heavy atom. The van der Waals surface area contributed by atoms with E-state index in [0.717, 1.165) is 5.69 Å². The number of carbonyl (C=O) groups excluding carboxylic acids is 1. The molecule has 1 aliphatic heterocycles. The van der Waals surface area contributed by atoms with Crippen molar-refractivity contribution < 1.29 is 4.79 Å². The Balaban J connectivity index is 1.54. The number of aromatic nitrogens is 4. The van der Waals surface area contributed by atoms with Crippen molar-refractivity contribution in [1.29, 1.82) is 0 Å². The molecule has 1 amide bonds. The first kappa shape index (κ1) is 14.9. The van der Waals surface area contributed by atoms with Crippen molar-refractivity contribution in [1.82, 2.24) is 19.8 Å². The second kappa shape index (κ2) is 5.76. The fourth-order valence-corrected chi connectivity index (χ4v) is 3.13. The Kier molecular flexibility index (Phi) is 3.57. The molecule has 0 radical (unpaired) electrons. The number of aryl methyl sites for hydroxylation is 1. The number of rotatable bonds is 3. The summed E-state index contributed by atoms with van der Waals surface area (Å²) in [6.07, 6.45) is 0.395. The highest BCUT2D eigenvalue weighted by molar-refractivity contribution is 6.33. The maximum Gasteiger partial charge on any atom is 0.229 e. The lowest BCUT2D eigenvalue weighted by atomic mass is 10.2. The van der Waals surface area contributed by atoms with Crippen LogP contribution >= 0.6 is 11.6 Å². The van der Waals surface area contributed by atoms with Crippen molar-refractivity contribution in [2.75, 3.05) is 16.8 Å². The van der Waals surface area contributed by atoms with E-state index in [1.807, 2.05) is 37.3 Å². The summed E-state index contributed by atoms with van der Waals surface area (Å²) < 4.78 is 1.67. The minimum atomic E-state index is -0.0319. The van der Waals surface area contributed by atoms with Crippen molar-refractivity contribution in [3.63, 3.8) is 0 Å². The normalized spacial score (nSPS) is 17.7. The van der Waals surface area contributed by atoms with Crippen LogP contribution in [0.15, 0.2) is 36.4 Å². The standard InChI is InChI=1S/C16H15ClN6O/c1-10-19-20-15-7-6-14(21-23(10)15)18-11-8-16(24)22(9-11)13-5-3-2-4-12(13)17/h2-7,11H,8-9H2,1H3,(H,18,21)/t11-/m0/s1. The van der Waals surface area contributed by atoms with Crippen molar-refractivity contribution in [3.05, 3.63) is 47.2 Å². The van der Waals surface area contributed by atoms with E-state index in [-0.39, 0.29) is 11.9 Å². The van der Waals surface area contributed by atoms with Gasteiger partial charge < -0.3 is 10.2 Å². The largest absolute Gasteiger partial charge is 0.364 e. The first-order valence-corrected chi connectivity index (χ1v) is 8.00. The minimum absolute atomic E-state index is 0.0319. The number of hydrogen-bond donors (Lipinski definition) is 1. The van der Waals surface area contributed by atoms with E-state index >= 15 is 0 Å². The summed E-state index contributed by atoms with van der Waals surface area (Å²) in [5.74, 6) is 1.44. The van der Waals surface area contributed by atoms with Gasteiger partial charge >= 0.3 is 0 Å². The van der Waals surface area contributed by atoms with Crippen LogP contribution in [-0.4, -0.2) is 38.3 Å². The quantitative estimate of drug-likeness (QED) is 0.790. The summed E-state index contributed by atoms with van der Waals surface area (Å²) in [6.45, 7) is 2.39. The zero-order valence-corrected chi connectivity index (χ0v) is 13.7. The monoisotopic (exact) mass is 342 g/mol. The first-order chi connectivity index (χ1) is 11.6. The molecule has 1 atom stereocenters. The Hall–Kier alpha value is -2.67. The highest BCUT2D eigenvalue weighted by Gasteiger charge is 2.31. The molecule has 0 saturated carbocycles. The third-order valence-electron chi connectivity index (χ3n) is 4.04. The molecule has 3 heterocycles. The van der Waals surface area contributed by atoms with E-state index < -0.39 is 0 Å². The highest BCUT2D eigenvalue weighted by Crippen LogP contribution is 2.29. The van der Waals surface area contributed by atoms with Crippen LogP contribution in [0.5, 0.6) is 0 Å². The van der Waals surface area contributed by atoms with Crippen LogP contribution in [0.25, 0.3) is 5.65 Å². The van der Waals surface area contributed by atoms with Gasteiger partial charge in [-0.05, 0) is 31.2 Å². The van der Waals surface area contributed by atoms with Crippen LogP contribution in [0.2, 0.25) is 5.02 Å². The fraction of sp³-hybridized carbons (Fsp3) is 0.250. The number of halogens is 1. The highest BCUT2D eigenvalue weighted by atomic mass is 35.5. The summed E-state index contributed by atoms with van der Waals surface area (Å²) in [6, 6.07) is 11.0. The average molecular weight is 343 g/mol. The van der Waals surface area contributed by atoms with Crippen molar-refractivity contribution in [2.45, 2.75) is 19.4 Å². The van der Waals surface area contributed by atoms with Gasteiger partial charge in [0.2, 0.25) is 5.91 Å². The molecule has 1 saturated heterocycles. The predicted octanol–water partition coefficient (Wildman–Crippen LogP) is 2.30. The number of amides is 1. The number of carbonyl (C=O) groups is 1. The Bertz CT molecular complexity index is 924. The molecular formula is C16H15ClN6O. The zero-order chi connectivity index (χ0) is 16.7. The van der Waals surface area contributed by atoms with Gasteiger partial charge in [-0.3, -0.25) is 4.79 Å². The molecule has 0 aliphatic carbocycles. The van der Waals surface area contributed by atoms with Crippen LogP contribution in [-0.2, 0) is 4.79 Å². The maximum absolute atomic E-state index is 12.3. The van der Waals surface area contributed by atoms with Gasteiger partial charge in [-0.15, -0.1) is 15.3 Å². The number of para-hydroxylation sites is 1. The van der Waals surface area contributed by atoms with E-state index in [9.17, 15) is 4.79 Å². The van der Waals surface area contributed by atoms with Gasteiger partial charge in [0.15, 0.2) is 11.5 Å². The van der Waals surface area contributed by atoms with Crippen LogP contribution < -0.4 is 10.2 Å². The molecule has 0 unspecified atom stereocenters. The summed E-state index contributed by atoms with van der Waals surface area (Å²) in [7, 11) is 0. The molecule has 122 valence electrons. The molecule has 1 aliphatic rings. The molecule has 2 aromatic heterocycles. The van der Waals surface area contributed by atoms with E-state index in [2.05, 4.69) is 20.6 Å². The average Bonchev–Trinajstić information content (AvgIpc) is 3.11. The number of benzene rings is 1. The SMILES string of the molecule is Cc1nnc2ccc(N[C@H]3CC(=O)N(c4ccccc4Cl)C3)nn12. The van der Waals surface area contributed by atoms with Gasteiger partial charge in [0.05, 0.1) is 16.8 Å². The lowest BCUT2D eigenvalue weighted by Crippen LogP contribution is -2.28. The summed E-state index contributed by atoms with van der Waals surface area (Å²) in [5.41, 5.74) is 1.43. The van der Waals surface area contributed by atoms with E-state index in [0.29, 0.717) is 35.3 Å². The predicted molar refractivity (Wildman–Crippen MR) is 91.4 cm³/mol. The van der Waals surface area contributed by atoms with Crippen LogP contribution in [0, 0.1) is 6.92 Å². The van der Waals surface area contributed by atoms with E-state index in [1.54, 1.807) is 15.5 Å². The van der Waals surface area contributed by atoms with Crippen molar-refractivity contribution >= 4 is 34.7 Å². The number of fused-ring (bicyclic) bond motifs is 1. The maximum atomic E-state index is 12.3. The topological polar surface area (TPSA) is 75.4 Å². The van der Waals surface area contributed by atoms with Gasteiger partial charge in [-0.2, -0.15) is 4.52 Å². The number of nitrogens with one attached hydrogen (secondary N) is 1. The van der Waals surface area contributed by atoms with Gasteiger partial charge in [0, 0.05) is 13.0 Å². The molecule has 1 fully saturated rings. The van der Waals surface area contributed by atoms with Crippen LogP contribution in [0.3, 0.4) is 0 Å². The molecule has 0 spiro atoms. The molecule has 7 nitrogen and oxygen atoms in total. The Morgan fingerprint density at radius 2 is 2.04 bits per heavy atom. The lowest BCUT2D eigenvalue weighted by molar-refractivity contribution is -0.117. The molecule has 1 aromatic carbocycles. The summed E-state index contributed by atoms with van der Waals surface area (Å²) in [5, 5.41) is 16.3. The number of hydrogen-bond acceptors (Lipinski definition) is 5. The van der Waals surface area contributed by atoms with E-state index in [4.69, 9.17) is 11.6 Å². The third-order valence-corrected chi connectivity index (χ3v) is 4.36. The first-order valence-electron chi connectivity index (χ1n) is 7.62. The van der Waals surface area contributed by atoms with Crippen molar-refractivity contribution in [2.24, 2.45) is 0 Å². The number of nitrogens with zero attached hydrogens (tertiary/aromatic N) is 5. The second-order valence-corrected chi connectivity index (χ2v) is 6.14. The number of anilines is 2. The Labute approximate surface area is 143 Å². The fourth-order valence-electron chi connectivity index (χ4n) is 2.89. The molecule has 1 N–H and O–H groups in total. The lowest BCUT2D eigenvalue weighted by Gasteiger charge is -2.18. The molecule has 4 rings (SSSR count). The molecule has 3 aromatic rings. The zero-order valence-electron chi connectivity index (χ0n) is 13.0. The van der Waals surface area contributed by atoms with Crippen molar-refractivity contribution in [3.8, 4) is 0 Å². The van der Waals surface area contributed by atoms with Crippen LogP contribution in [0.1, 0.15) is 12.2 Å².